The molecule has 0 bridgehead atoms. The van der Waals surface area contributed by atoms with Gasteiger partial charge in [-0.15, -0.1) is 0 Å². The molecule has 0 aromatic heterocycles. The van der Waals surface area contributed by atoms with Crippen molar-refractivity contribution < 1.29 is 18.0 Å². The zero-order chi connectivity index (χ0) is 25.7. The molecule has 0 radical (unpaired) electrons. The molecule has 0 unspecified atom stereocenters. The Labute approximate surface area is 222 Å². The number of hydrogen-bond donors (Lipinski definition) is 1. The van der Waals surface area contributed by atoms with Crippen LogP contribution in [0.15, 0.2) is 112 Å². The van der Waals surface area contributed by atoms with Crippen LogP contribution in [-0.4, -0.2) is 26.7 Å². The van der Waals surface area contributed by atoms with Gasteiger partial charge in [0.2, 0.25) is 5.91 Å². The molecule has 6 nitrogen and oxygen atoms in total. The van der Waals surface area contributed by atoms with Crippen LogP contribution in [0, 0.1) is 0 Å². The van der Waals surface area contributed by atoms with Gasteiger partial charge in [0, 0.05) is 20.6 Å². The highest BCUT2D eigenvalue weighted by Crippen LogP contribution is 2.27. The fourth-order valence-electron chi connectivity index (χ4n) is 3.52. The first-order valence-electron chi connectivity index (χ1n) is 10.8. The monoisotopic (exact) mass is 582 g/mol. The number of sulfonamides is 1. The first-order valence-corrected chi connectivity index (χ1v) is 13.4. The van der Waals surface area contributed by atoms with Gasteiger partial charge in [-0.3, -0.25) is 13.9 Å². The zero-order valence-electron chi connectivity index (χ0n) is 18.8. The number of benzene rings is 4. The zero-order valence-corrected chi connectivity index (χ0v) is 21.9. The molecule has 4 aromatic rings. The van der Waals surface area contributed by atoms with Gasteiger partial charge in [0.05, 0.1) is 16.3 Å². The summed E-state index contributed by atoms with van der Waals surface area (Å²) in [7, 11) is -4.06. The number of hydrogen-bond acceptors (Lipinski definition) is 4. The van der Waals surface area contributed by atoms with Gasteiger partial charge < -0.3 is 5.32 Å². The Morgan fingerprint density at radius 3 is 2.08 bits per heavy atom. The van der Waals surface area contributed by atoms with Crippen LogP contribution in [0.3, 0.4) is 0 Å². The highest BCUT2D eigenvalue weighted by molar-refractivity contribution is 9.10. The molecular formula is C27H20BrClN2O4S. The van der Waals surface area contributed by atoms with Gasteiger partial charge >= 0.3 is 0 Å². The van der Waals surface area contributed by atoms with Crippen LogP contribution < -0.4 is 9.62 Å². The maximum absolute atomic E-state index is 13.5. The lowest BCUT2D eigenvalue weighted by atomic mass is 10.0. The van der Waals surface area contributed by atoms with Crippen LogP contribution in [0.25, 0.3) is 0 Å². The Hall–Kier alpha value is -3.46. The van der Waals surface area contributed by atoms with Gasteiger partial charge in [-0.25, -0.2) is 8.42 Å². The summed E-state index contributed by atoms with van der Waals surface area (Å²) >= 11 is 9.48. The molecule has 1 N–H and O–H groups in total. The van der Waals surface area contributed by atoms with E-state index in [0.717, 1.165) is 8.78 Å². The summed E-state index contributed by atoms with van der Waals surface area (Å²) in [4.78, 5) is 26.3. The fourth-order valence-corrected chi connectivity index (χ4v) is 5.40. The predicted molar refractivity (Wildman–Crippen MR) is 145 cm³/mol. The molecule has 36 heavy (non-hydrogen) atoms. The smallest absolute Gasteiger partial charge is 0.264 e. The van der Waals surface area contributed by atoms with Crippen molar-refractivity contribution in [1.29, 1.82) is 0 Å². The molecule has 0 saturated heterocycles. The van der Waals surface area contributed by atoms with Crippen LogP contribution >= 0.6 is 27.5 Å². The molecule has 0 spiro atoms. The molecule has 4 rings (SSSR count). The standard InChI is InChI=1S/C27H20BrClN2O4S/c28-20-11-14-22(15-12-20)31(36(34,35)23-9-5-2-6-10-23)18-26(32)30-25-16-13-21(29)17-24(25)27(33)19-7-3-1-4-8-19/h1-17H,18H2,(H,30,32). The Morgan fingerprint density at radius 2 is 1.44 bits per heavy atom. The van der Waals surface area contributed by atoms with E-state index in [4.69, 9.17) is 11.6 Å². The molecule has 0 fully saturated rings. The van der Waals surface area contributed by atoms with E-state index in [1.165, 1.54) is 24.3 Å². The first kappa shape index (κ1) is 25.6. The maximum atomic E-state index is 13.5. The third-order valence-corrected chi connectivity index (χ3v) is 7.82. The van der Waals surface area contributed by atoms with Crippen LogP contribution in [0.2, 0.25) is 5.02 Å². The molecule has 0 heterocycles. The van der Waals surface area contributed by atoms with Crippen LogP contribution in [0.4, 0.5) is 11.4 Å². The fraction of sp³-hybridized carbons (Fsp3) is 0.0370. The van der Waals surface area contributed by atoms with Crippen molar-refractivity contribution in [3.8, 4) is 0 Å². The number of carbonyl (C=O) groups excluding carboxylic acids is 2. The van der Waals surface area contributed by atoms with E-state index < -0.39 is 22.5 Å². The van der Waals surface area contributed by atoms with Gasteiger partial charge in [0.25, 0.3) is 10.0 Å². The van der Waals surface area contributed by atoms with E-state index in [1.54, 1.807) is 78.9 Å². The van der Waals surface area contributed by atoms with Crippen molar-refractivity contribution in [1.82, 2.24) is 0 Å². The van der Waals surface area contributed by atoms with E-state index in [9.17, 15) is 18.0 Å². The largest absolute Gasteiger partial charge is 0.324 e. The van der Waals surface area contributed by atoms with Gasteiger partial charge in [-0.05, 0) is 54.6 Å². The highest BCUT2D eigenvalue weighted by atomic mass is 79.9. The number of ketones is 1. The Kier molecular flexibility index (Phi) is 7.88. The SMILES string of the molecule is O=C(CN(c1ccc(Br)cc1)S(=O)(=O)c1ccccc1)Nc1ccc(Cl)cc1C(=O)c1ccccc1. The molecule has 182 valence electrons. The average Bonchev–Trinajstić information content (AvgIpc) is 2.89. The summed E-state index contributed by atoms with van der Waals surface area (Å²) in [5.74, 6) is -0.947. The summed E-state index contributed by atoms with van der Waals surface area (Å²) in [5, 5.41) is 3.02. The van der Waals surface area contributed by atoms with Crippen LogP contribution in [0.1, 0.15) is 15.9 Å². The lowest BCUT2D eigenvalue weighted by molar-refractivity contribution is -0.114. The second-order valence-electron chi connectivity index (χ2n) is 7.73. The van der Waals surface area contributed by atoms with E-state index in [0.29, 0.717) is 16.3 Å². The Bertz CT molecular complexity index is 1500. The van der Waals surface area contributed by atoms with Gasteiger partial charge in [-0.2, -0.15) is 0 Å². The Balaban J connectivity index is 1.66. The van der Waals surface area contributed by atoms with Crippen molar-refractivity contribution in [3.05, 3.63) is 124 Å². The lowest BCUT2D eigenvalue weighted by Crippen LogP contribution is -2.38. The minimum atomic E-state index is -4.06. The van der Waals surface area contributed by atoms with E-state index in [1.807, 2.05) is 0 Å². The molecule has 4 aromatic carbocycles. The third-order valence-electron chi connectivity index (χ3n) is 5.27. The summed E-state index contributed by atoms with van der Waals surface area (Å²) < 4.78 is 28.7. The first-order chi connectivity index (χ1) is 17.3. The molecule has 9 heteroatoms. The summed E-state index contributed by atoms with van der Waals surface area (Å²) in [6, 6.07) is 27.6. The number of nitrogens with one attached hydrogen (secondary N) is 1. The third kappa shape index (κ3) is 5.84. The summed E-state index contributed by atoms with van der Waals surface area (Å²) in [6.07, 6.45) is 0. The van der Waals surface area contributed by atoms with Crippen molar-refractivity contribution >= 4 is 60.6 Å². The van der Waals surface area contributed by atoms with Gasteiger partial charge in [-0.1, -0.05) is 76.1 Å². The molecule has 1 amide bonds. The molecule has 0 aliphatic carbocycles. The van der Waals surface area contributed by atoms with Gasteiger partial charge in [0.1, 0.15) is 6.54 Å². The minimum absolute atomic E-state index is 0.0483. The molecule has 0 aliphatic heterocycles. The summed E-state index contributed by atoms with van der Waals surface area (Å²) in [6.45, 7) is -0.513. The summed E-state index contributed by atoms with van der Waals surface area (Å²) in [5.41, 5.74) is 1.17. The lowest BCUT2D eigenvalue weighted by Gasteiger charge is -2.24. The highest BCUT2D eigenvalue weighted by Gasteiger charge is 2.27. The quantitative estimate of drug-likeness (QED) is 0.252. The maximum Gasteiger partial charge on any atom is 0.264 e. The number of halogens is 2. The normalized spacial score (nSPS) is 11.1. The van der Waals surface area contributed by atoms with Gasteiger partial charge in [0.15, 0.2) is 5.78 Å². The number of rotatable bonds is 8. The second-order valence-corrected chi connectivity index (χ2v) is 10.9. The van der Waals surface area contributed by atoms with Crippen LogP contribution in [0.5, 0.6) is 0 Å². The molecule has 0 saturated carbocycles. The van der Waals surface area contributed by atoms with Crippen molar-refractivity contribution in [2.45, 2.75) is 4.90 Å². The van der Waals surface area contributed by atoms with Crippen LogP contribution in [-0.2, 0) is 14.8 Å². The number of nitrogens with zero attached hydrogens (tertiary/aromatic N) is 1. The minimum Gasteiger partial charge on any atom is -0.324 e. The number of anilines is 2. The second kappa shape index (κ2) is 11.1. The molecule has 0 aliphatic rings. The molecule has 0 atom stereocenters. The number of amides is 1. The van der Waals surface area contributed by atoms with E-state index >= 15 is 0 Å². The van der Waals surface area contributed by atoms with E-state index in [-0.39, 0.29) is 21.9 Å². The van der Waals surface area contributed by atoms with Crippen molar-refractivity contribution in [3.63, 3.8) is 0 Å². The average molecular weight is 584 g/mol. The van der Waals surface area contributed by atoms with E-state index in [2.05, 4.69) is 21.2 Å². The van der Waals surface area contributed by atoms with Crippen molar-refractivity contribution in [2.75, 3.05) is 16.2 Å². The topological polar surface area (TPSA) is 83.6 Å². The number of carbonyl (C=O) groups is 2. The van der Waals surface area contributed by atoms with Crippen molar-refractivity contribution in [2.24, 2.45) is 0 Å². The predicted octanol–water partition coefficient (Wildman–Crippen LogP) is 6.17. The molecular weight excluding hydrogens is 564 g/mol. The Morgan fingerprint density at radius 1 is 0.833 bits per heavy atom.